The fraction of sp³-hybridized carbons (Fsp3) is 0.294. The van der Waals surface area contributed by atoms with E-state index < -0.39 is 5.97 Å². The van der Waals surface area contributed by atoms with E-state index in [0.717, 1.165) is 36.5 Å². The van der Waals surface area contributed by atoms with Crippen LogP contribution in [0.2, 0.25) is 0 Å². The van der Waals surface area contributed by atoms with E-state index in [9.17, 15) is 4.79 Å². The second-order valence-corrected chi connectivity index (χ2v) is 5.27. The second-order valence-electron chi connectivity index (χ2n) is 5.27. The Bertz CT molecular complexity index is 665. The number of carbonyl (C=O) groups is 1. The summed E-state index contributed by atoms with van der Waals surface area (Å²) in [6, 6.07) is 11.0. The maximum atomic E-state index is 11.1. The number of ether oxygens (including phenoxy) is 2. The zero-order valence-corrected chi connectivity index (χ0v) is 12.1. The van der Waals surface area contributed by atoms with Crippen LogP contribution in [0.15, 0.2) is 42.6 Å². The molecule has 0 saturated carbocycles. The highest BCUT2D eigenvalue weighted by atomic mass is 16.5. The summed E-state index contributed by atoms with van der Waals surface area (Å²) in [4.78, 5) is 14.9. The van der Waals surface area contributed by atoms with E-state index in [-0.39, 0.29) is 5.69 Å². The zero-order chi connectivity index (χ0) is 15.4. The molecule has 1 aromatic carbocycles. The molecule has 1 saturated heterocycles. The Morgan fingerprint density at radius 3 is 3.00 bits per heavy atom. The van der Waals surface area contributed by atoms with E-state index in [2.05, 4.69) is 4.98 Å². The highest BCUT2D eigenvalue weighted by Gasteiger charge is 2.17. The molecule has 0 amide bonds. The third-order valence-corrected chi connectivity index (χ3v) is 3.68. The first-order valence-corrected chi connectivity index (χ1v) is 7.23. The molecular formula is C17H17NO4. The van der Waals surface area contributed by atoms with Crippen LogP contribution < -0.4 is 4.74 Å². The Labute approximate surface area is 128 Å². The molecular weight excluding hydrogens is 282 g/mol. The number of hydrogen-bond donors (Lipinski definition) is 1. The Kier molecular flexibility index (Phi) is 4.34. The molecule has 1 aliphatic heterocycles. The number of nitrogens with zero attached hydrogens (tertiary/aromatic N) is 1. The average Bonchev–Trinajstić information content (AvgIpc) is 3.07. The molecule has 2 aromatic rings. The van der Waals surface area contributed by atoms with Gasteiger partial charge in [-0.15, -0.1) is 0 Å². The van der Waals surface area contributed by atoms with E-state index in [1.807, 2.05) is 24.3 Å². The number of para-hydroxylation sites is 1. The van der Waals surface area contributed by atoms with Gasteiger partial charge in [-0.05, 0) is 30.2 Å². The van der Waals surface area contributed by atoms with Crippen molar-refractivity contribution in [2.45, 2.75) is 6.42 Å². The van der Waals surface area contributed by atoms with Crippen molar-refractivity contribution in [3.63, 3.8) is 0 Å². The van der Waals surface area contributed by atoms with Crippen molar-refractivity contribution in [3.8, 4) is 16.9 Å². The summed E-state index contributed by atoms with van der Waals surface area (Å²) in [5.74, 6) is 0.125. The molecule has 22 heavy (non-hydrogen) atoms. The maximum absolute atomic E-state index is 11.1. The molecule has 0 aliphatic carbocycles. The lowest BCUT2D eigenvalue weighted by Crippen LogP contribution is -2.12. The fourth-order valence-corrected chi connectivity index (χ4v) is 2.47. The van der Waals surface area contributed by atoms with Crippen molar-refractivity contribution in [1.82, 2.24) is 4.98 Å². The number of benzene rings is 1. The number of hydrogen-bond acceptors (Lipinski definition) is 4. The highest BCUT2D eigenvalue weighted by Crippen LogP contribution is 2.30. The van der Waals surface area contributed by atoms with Crippen molar-refractivity contribution in [2.75, 3.05) is 19.8 Å². The number of carboxylic acids is 1. The second kappa shape index (κ2) is 6.58. The minimum atomic E-state index is -1.04. The summed E-state index contributed by atoms with van der Waals surface area (Å²) in [7, 11) is 0. The Morgan fingerprint density at radius 2 is 2.23 bits per heavy atom. The fourth-order valence-electron chi connectivity index (χ4n) is 2.47. The van der Waals surface area contributed by atoms with Crippen LogP contribution in [0.3, 0.4) is 0 Å². The Hall–Kier alpha value is -2.40. The quantitative estimate of drug-likeness (QED) is 0.919. The molecule has 1 aromatic heterocycles. The summed E-state index contributed by atoms with van der Waals surface area (Å²) in [6.45, 7) is 2.14. The summed E-state index contributed by atoms with van der Waals surface area (Å²) in [5, 5.41) is 9.06. The van der Waals surface area contributed by atoms with Crippen LogP contribution >= 0.6 is 0 Å². The molecule has 114 valence electrons. The Morgan fingerprint density at radius 1 is 1.36 bits per heavy atom. The number of pyridine rings is 1. The molecule has 0 radical (unpaired) electrons. The van der Waals surface area contributed by atoms with Gasteiger partial charge in [0.1, 0.15) is 11.4 Å². The number of carboxylic acid groups (broad SMARTS) is 1. The van der Waals surface area contributed by atoms with Crippen molar-refractivity contribution < 1.29 is 19.4 Å². The van der Waals surface area contributed by atoms with Gasteiger partial charge in [0.2, 0.25) is 0 Å². The van der Waals surface area contributed by atoms with E-state index in [4.69, 9.17) is 14.6 Å². The average molecular weight is 299 g/mol. The zero-order valence-electron chi connectivity index (χ0n) is 12.1. The third-order valence-electron chi connectivity index (χ3n) is 3.68. The smallest absolute Gasteiger partial charge is 0.354 e. The van der Waals surface area contributed by atoms with Gasteiger partial charge >= 0.3 is 5.97 Å². The Balaban J connectivity index is 1.83. The largest absolute Gasteiger partial charge is 0.493 e. The van der Waals surface area contributed by atoms with Gasteiger partial charge < -0.3 is 14.6 Å². The summed E-state index contributed by atoms with van der Waals surface area (Å²) in [5.41, 5.74) is 1.67. The van der Waals surface area contributed by atoms with E-state index in [1.54, 1.807) is 12.1 Å². The van der Waals surface area contributed by atoms with E-state index in [1.165, 1.54) is 6.20 Å². The molecule has 1 N–H and O–H groups in total. The number of aromatic nitrogens is 1. The molecule has 1 atom stereocenters. The van der Waals surface area contributed by atoms with Crippen molar-refractivity contribution in [1.29, 1.82) is 0 Å². The van der Waals surface area contributed by atoms with Gasteiger partial charge in [0.15, 0.2) is 0 Å². The molecule has 1 unspecified atom stereocenters. The minimum Gasteiger partial charge on any atom is -0.493 e. The monoisotopic (exact) mass is 299 g/mol. The first-order chi connectivity index (χ1) is 10.7. The molecule has 3 rings (SSSR count). The normalized spacial score (nSPS) is 17.4. The third kappa shape index (κ3) is 3.26. The predicted molar refractivity (Wildman–Crippen MR) is 81.1 cm³/mol. The van der Waals surface area contributed by atoms with E-state index >= 15 is 0 Å². The van der Waals surface area contributed by atoms with Gasteiger partial charge in [0, 0.05) is 24.3 Å². The number of aromatic carboxylic acids is 1. The van der Waals surface area contributed by atoms with Crippen LogP contribution in [0.4, 0.5) is 0 Å². The molecule has 1 fully saturated rings. The standard InChI is InChI=1S/C17H17NO4/c19-17(20)15-9-13(5-7-18-15)14-3-1-2-4-16(14)22-11-12-6-8-21-10-12/h1-5,7,9,12H,6,8,10-11H2,(H,19,20). The van der Waals surface area contributed by atoms with Crippen LogP contribution in [0.1, 0.15) is 16.9 Å². The molecule has 0 bridgehead atoms. The van der Waals surface area contributed by atoms with Crippen molar-refractivity contribution in [2.24, 2.45) is 5.92 Å². The van der Waals surface area contributed by atoms with Crippen LogP contribution in [0.5, 0.6) is 5.75 Å². The molecule has 2 heterocycles. The summed E-state index contributed by atoms with van der Waals surface area (Å²) >= 11 is 0. The maximum Gasteiger partial charge on any atom is 0.354 e. The van der Waals surface area contributed by atoms with Gasteiger partial charge in [0.25, 0.3) is 0 Å². The lowest BCUT2D eigenvalue weighted by Gasteiger charge is -2.14. The minimum absolute atomic E-state index is 0.0245. The van der Waals surface area contributed by atoms with Crippen molar-refractivity contribution >= 4 is 5.97 Å². The van der Waals surface area contributed by atoms with Crippen LogP contribution in [-0.4, -0.2) is 35.9 Å². The highest BCUT2D eigenvalue weighted by molar-refractivity contribution is 5.87. The molecule has 5 heteroatoms. The summed E-state index contributed by atoms with van der Waals surface area (Å²) < 4.78 is 11.3. The van der Waals surface area contributed by atoms with Gasteiger partial charge in [-0.1, -0.05) is 18.2 Å². The molecule has 5 nitrogen and oxygen atoms in total. The van der Waals surface area contributed by atoms with E-state index in [0.29, 0.717) is 12.5 Å². The van der Waals surface area contributed by atoms with Gasteiger partial charge in [-0.25, -0.2) is 9.78 Å². The lowest BCUT2D eigenvalue weighted by molar-refractivity contribution is 0.0690. The predicted octanol–water partition coefficient (Wildman–Crippen LogP) is 2.86. The van der Waals surface area contributed by atoms with Gasteiger partial charge in [0.05, 0.1) is 13.2 Å². The number of rotatable bonds is 5. The molecule has 1 aliphatic rings. The summed E-state index contributed by atoms with van der Waals surface area (Å²) in [6.07, 6.45) is 2.51. The first-order valence-electron chi connectivity index (χ1n) is 7.23. The van der Waals surface area contributed by atoms with Crippen LogP contribution in [0.25, 0.3) is 11.1 Å². The SMILES string of the molecule is O=C(O)c1cc(-c2ccccc2OCC2CCOC2)ccn1. The molecule has 0 spiro atoms. The van der Waals surface area contributed by atoms with Crippen LogP contribution in [-0.2, 0) is 4.74 Å². The van der Waals surface area contributed by atoms with Gasteiger partial charge in [-0.3, -0.25) is 0 Å². The van der Waals surface area contributed by atoms with Crippen molar-refractivity contribution in [3.05, 3.63) is 48.3 Å². The topological polar surface area (TPSA) is 68.7 Å². The first kappa shape index (κ1) is 14.5. The lowest BCUT2D eigenvalue weighted by atomic mass is 10.0. The van der Waals surface area contributed by atoms with Crippen LogP contribution in [0, 0.1) is 5.92 Å². The van der Waals surface area contributed by atoms with Gasteiger partial charge in [-0.2, -0.15) is 0 Å².